The van der Waals surface area contributed by atoms with Gasteiger partial charge in [-0.3, -0.25) is 4.18 Å². The van der Waals surface area contributed by atoms with E-state index in [0.29, 0.717) is 5.69 Å². The van der Waals surface area contributed by atoms with Crippen LogP contribution in [-0.2, 0) is 21.0 Å². The Kier molecular flexibility index (Phi) is 4.79. The normalized spacial score (nSPS) is 11.1. The maximum absolute atomic E-state index is 12.1. The maximum atomic E-state index is 12.1. The fraction of sp³-hybridized carbons (Fsp3) is 0.133. The Bertz CT molecular complexity index is 741. The number of anilines is 1. The summed E-state index contributed by atoms with van der Waals surface area (Å²) < 4.78 is 29.9. The molecule has 0 aliphatic heterocycles. The standard InChI is InChI=1S/C15H15NO5S/c1-21-22(19,20)16(11-12-5-3-2-4-6-12)14-9-7-13(8-10-14)15(17)18/h2-10H,11H2,1H3,(H,17,18). The molecule has 2 rings (SSSR count). The number of carboxylic acids is 1. The molecule has 116 valence electrons. The van der Waals surface area contributed by atoms with Gasteiger partial charge in [-0.15, -0.1) is 0 Å². The van der Waals surface area contributed by atoms with Gasteiger partial charge in [-0.25, -0.2) is 9.10 Å². The predicted molar refractivity (Wildman–Crippen MR) is 82.0 cm³/mol. The number of rotatable bonds is 6. The van der Waals surface area contributed by atoms with E-state index in [1.54, 1.807) is 24.3 Å². The summed E-state index contributed by atoms with van der Waals surface area (Å²) in [6, 6.07) is 14.6. The van der Waals surface area contributed by atoms with E-state index in [-0.39, 0.29) is 12.1 Å². The fourth-order valence-electron chi connectivity index (χ4n) is 1.91. The van der Waals surface area contributed by atoms with Gasteiger partial charge in [-0.2, -0.15) is 8.42 Å². The second kappa shape index (κ2) is 6.59. The van der Waals surface area contributed by atoms with Crippen LogP contribution in [0.3, 0.4) is 0 Å². The summed E-state index contributed by atoms with van der Waals surface area (Å²) in [6.45, 7) is 0.0867. The molecule has 2 aromatic carbocycles. The molecule has 0 saturated carbocycles. The van der Waals surface area contributed by atoms with Gasteiger partial charge in [-0.1, -0.05) is 30.3 Å². The van der Waals surface area contributed by atoms with Crippen LogP contribution in [0.1, 0.15) is 15.9 Å². The van der Waals surface area contributed by atoms with Gasteiger partial charge in [0.25, 0.3) is 0 Å². The van der Waals surface area contributed by atoms with Crippen LogP contribution in [0.2, 0.25) is 0 Å². The highest BCUT2D eigenvalue weighted by molar-refractivity contribution is 7.88. The number of carboxylic acid groups (broad SMARTS) is 1. The maximum Gasteiger partial charge on any atom is 0.362 e. The van der Waals surface area contributed by atoms with Gasteiger partial charge in [0.05, 0.1) is 24.9 Å². The summed E-state index contributed by atoms with van der Waals surface area (Å²) in [5.74, 6) is -1.07. The van der Waals surface area contributed by atoms with E-state index in [0.717, 1.165) is 17.0 Å². The van der Waals surface area contributed by atoms with Crippen molar-refractivity contribution in [2.75, 3.05) is 11.4 Å². The second-order valence-corrected chi connectivity index (χ2v) is 6.10. The predicted octanol–water partition coefficient (Wildman–Crippen LogP) is 2.28. The Morgan fingerprint density at radius 2 is 1.68 bits per heavy atom. The zero-order chi connectivity index (χ0) is 16.2. The second-order valence-electron chi connectivity index (χ2n) is 4.47. The average molecular weight is 321 g/mol. The molecule has 0 aliphatic carbocycles. The Hall–Kier alpha value is -2.38. The SMILES string of the molecule is COS(=O)(=O)N(Cc1ccccc1)c1ccc(C(=O)O)cc1. The fourth-order valence-corrected chi connectivity index (χ4v) is 2.78. The van der Waals surface area contributed by atoms with E-state index in [1.165, 1.54) is 24.3 Å². The first-order chi connectivity index (χ1) is 10.4. The zero-order valence-electron chi connectivity index (χ0n) is 11.8. The van der Waals surface area contributed by atoms with Crippen molar-refractivity contribution < 1.29 is 22.5 Å². The highest BCUT2D eigenvalue weighted by Crippen LogP contribution is 2.22. The van der Waals surface area contributed by atoms with Crippen molar-refractivity contribution in [3.05, 3.63) is 65.7 Å². The summed E-state index contributed by atoms with van der Waals surface area (Å²) in [5.41, 5.74) is 1.19. The molecule has 0 bridgehead atoms. The molecule has 6 nitrogen and oxygen atoms in total. The third kappa shape index (κ3) is 3.63. The highest BCUT2D eigenvalue weighted by Gasteiger charge is 2.22. The lowest BCUT2D eigenvalue weighted by Crippen LogP contribution is -2.31. The smallest absolute Gasteiger partial charge is 0.362 e. The Labute approximate surface area is 128 Å². The van der Waals surface area contributed by atoms with Crippen molar-refractivity contribution in [3.8, 4) is 0 Å². The average Bonchev–Trinajstić information content (AvgIpc) is 2.53. The Balaban J connectivity index is 2.38. The summed E-state index contributed by atoms with van der Waals surface area (Å²) in [4.78, 5) is 10.9. The van der Waals surface area contributed by atoms with Gasteiger partial charge >= 0.3 is 16.3 Å². The van der Waals surface area contributed by atoms with Gasteiger partial charge in [-0.05, 0) is 29.8 Å². The van der Waals surface area contributed by atoms with Crippen LogP contribution in [0.5, 0.6) is 0 Å². The van der Waals surface area contributed by atoms with Crippen LogP contribution in [0, 0.1) is 0 Å². The summed E-state index contributed by atoms with van der Waals surface area (Å²) in [5, 5.41) is 8.90. The minimum Gasteiger partial charge on any atom is -0.478 e. The van der Waals surface area contributed by atoms with Crippen LogP contribution in [0.4, 0.5) is 5.69 Å². The zero-order valence-corrected chi connectivity index (χ0v) is 12.7. The first kappa shape index (κ1) is 16.0. The van der Waals surface area contributed by atoms with Gasteiger partial charge in [0.15, 0.2) is 0 Å². The molecule has 0 heterocycles. The van der Waals surface area contributed by atoms with Gasteiger partial charge in [0.1, 0.15) is 0 Å². The van der Waals surface area contributed by atoms with Gasteiger partial charge < -0.3 is 5.11 Å². The molecular weight excluding hydrogens is 306 g/mol. The minimum atomic E-state index is -3.96. The van der Waals surface area contributed by atoms with E-state index in [9.17, 15) is 13.2 Å². The molecule has 0 atom stereocenters. The van der Waals surface area contributed by atoms with Crippen molar-refractivity contribution in [1.82, 2.24) is 0 Å². The number of nitrogens with zero attached hydrogens (tertiary/aromatic N) is 1. The molecule has 0 unspecified atom stereocenters. The Morgan fingerprint density at radius 3 is 2.18 bits per heavy atom. The monoisotopic (exact) mass is 321 g/mol. The summed E-state index contributed by atoms with van der Waals surface area (Å²) in [7, 11) is -2.88. The lowest BCUT2D eigenvalue weighted by atomic mass is 10.2. The van der Waals surface area contributed by atoms with Crippen molar-refractivity contribution in [1.29, 1.82) is 0 Å². The first-order valence-corrected chi connectivity index (χ1v) is 7.76. The molecule has 0 amide bonds. The topological polar surface area (TPSA) is 83.9 Å². The number of hydrogen-bond acceptors (Lipinski definition) is 4. The third-order valence-corrected chi connectivity index (χ3v) is 4.35. The van der Waals surface area contributed by atoms with Crippen LogP contribution in [0.15, 0.2) is 54.6 Å². The molecule has 7 heteroatoms. The largest absolute Gasteiger partial charge is 0.478 e. The molecule has 22 heavy (non-hydrogen) atoms. The first-order valence-electron chi connectivity index (χ1n) is 6.39. The molecule has 0 aliphatic rings. The summed E-state index contributed by atoms with van der Waals surface area (Å²) in [6.07, 6.45) is 0. The van der Waals surface area contributed by atoms with Crippen LogP contribution >= 0.6 is 0 Å². The minimum absolute atomic E-state index is 0.0817. The van der Waals surface area contributed by atoms with Crippen molar-refractivity contribution in [2.24, 2.45) is 0 Å². The Morgan fingerprint density at radius 1 is 1.09 bits per heavy atom. The lowest BCUT2D eigenvalue weighted by molar-refractivity contribution is 0.0697. The van der Waals surface area contributed by atoms with Gasteiger partial charge in [0, 0.05) is 0 Å². The van der Waals surface area contributed by atoms with Crippen molar-refractivity contribution in [3.63, 3.8) is 0 Å². The number of hydrogen-bond donors (Lipinski definition) is 1. The molecule has 0 radical (unpaired) electrons. The molecule has 0 fully saturated rings. The molecular formula is C15H15NO5S. The molecule has 0 spiro atoms. The van der Waals surface area contributed by atoms with E-state index < -0.39 is 16.3 Å². The van der Waals surface area contributed by atoms with Crippen LogP contribution in [0.25, 0.3) is 0 Å². The van der Waals surface area contributed by atoms with E-state index in [4.69, 9.17) is 5.11 Å². The quantitative estimate of drug-likeness (QED) is 0.882. The third-order valence-electron chi connectivity index (χ3n) is 3.05. The van der Waals surface area contributed by atoms with Crippen LogP contribution < -0.4 is 4.31 Å². The molecule has 2 aromatic rings. The molecule has 0 saturated heterocycles. The number of aromatic carboxylic acids is 1. The van der Waals surface area contributed by atoms with E-state index in [1.807, 2.05) is 6.07 Å². The molecule has 1 N–H and O–H groups in total. The lowest BCUT2D eigenvalue weighted by Gasteiger charge is -2.23. The highest BCUT2D eigenvalue weighted by atomic mass is 32.2. The van der Waals surface area contributed by atoms with E-state index >= 15 is 0 Å². The van der Waals surface area contributed by atoms with Crippen molar-refractivity contribution >= 4 is 22.0 Å². The molecule has 0 aromatic heterocycles. The van der Waals surface area contributed by atoms with Crippen LogP contribution in [-0.4, -0.2) is 26.6 Å². The summed E-state index contributed by atoms with van der Waals surface area (Å²) >= 11 is 0. The van der Waals surface area contributed by atoms with Crippen molar-refractivity contribution in [2.45, 2.75) is 6.54 Å². The van der Waals surface area contributed by atoms with Gasteiger partial charge in [0.2, 0.25) is 0 Å². The van der Waals surface area contributed by atoms with E-state index in [2.05, 4.69) is 4.18 Å². The number of carbonyl (C=O) groups is 1. The number of benzene rings is 2.